The van der Waals surface area contributed by atoms with E-state index in [1.54, 1.807) is 0 Å². The topological polar surface area (TPSA) is 47.4 Å². The fourth-order valence-corrected chi connectivity index (χ4v) is 3.93. The average molecular weight is 317 g/mol. The molecule has 0 N–H and O–H groups in total. The van der Waals surface area contributed by atoms with Gasteiger partial charge in [-0.25, -0.2) is 4.98 Å². The van der Waals surface area contributed by atoms with Crippen molar-refractivity contribution in [3.8, 4) is 0 Å². The Bertz CT molecular complexity index is 557. The summed E-state index contributed by atoms with van der Waals surface area (Å²) in [6, 6.07) is 0. The van der Waals surface area contributed by atoms with Crippen LogP contribution in [0.1, 0.15) is 56.3 Å². The van der Waals surface area contributed by atoms with Crippen molar-refractivity contribution in [2.75, 3.05) is 13.1 Å². The molecule has 5 nitrogen and oxygen atoms in total. The summed E-state index contributed by atoms with van der Waals surface area (Å²) < 4.78 is 8.16. The third-order valence-electron chi connectivity index (χ3n) is 5.65. The second kappa shape index (κ2) is 6.63. The molecular formula is C18H27N3O2. The minimum Gasteiger partial charge on any atom is -0.375 e. The van der Waals surface area contributed by atoms with Crippen molar-refractivity contribution >= 4 is 5.91 Å². The third kappa shape index (κ3) is 3.30. The van der Waals surface area contributed by atoms with Gasteiger partial charge in [0.1, 0.15) is 6.54 Å². The van der Waals surface area contributed by atoms with E-state index < -0.39 is 0 Å². The molecule has 23 heavy (non-hydrogen) atoms. The van der Waals surface area contributed by atoms with Crippen LogP contribution in [0.25, 0.3) is 0 Å². The molecular weight excluding hydrogens is 290 g/mol. The van der Waals surface area contributed by atoms with Gasteiger partial charge in [0.2, 0.25) is 5.91 Å². The molecule has 2 aliphatic carbocycles. The van der Waals surface area contributed by atoms with Gasteiger partial charge in [-0.2, -0.15) is 0 Å². The van der Waals surface area contributed by atoms with Crippen LogP contribution in [0, 0.1) is 0 Å². The summed E-state index contributed by atoms with van der Waals surface area (Å²) in [4.78, 5) is 19.1. The van der Waals surface area contributed by atoms with E-state index in [1.807, 2.05) is 11.2 Å². The molecule has 1 amide bonds. The average Bonchev–Trinajstić information content (AvgIpc) is 2.95. The lowest BCUT2D eigenvalue weighted by atomic mass is 9.95. The molecule has 0 bridgehead atoms. The lowest BCUT2D eigenvalue weighted by molar-refractivity contribution is -0.136. The molecule has 1 aliphatic heterocycles. The molecule has 1 aromatic heterocycles. The molecule has 2 heterocycles. The maximum atomic E-state index is 12.6. The van der Waals surface area contributed by atoms with Gasteiger partial charge in [-0.15, -0.1) is 0 Å². The highest BCUT2D eigenvalue weighted by Crippen LogP contribution is 2.26. The van der Waals surface area contributed by atoms with Gasteiger partial charge >= 0.3 is 0 Å². The second-order valence-electron chi connectivity index (χ2n) is 7.24. The highest BCUT2D eigenvalue weighted by atomic mass is 16.5. The molecule has 1 saturated carbocycles. The van der Waals surface area contributed by atoms with Crippen molar-refractivity contribution in [2.45, 2.75) is 76.5 Å². The van der Waals surface area contributed by atoms with E-state index in [0.29, 0.717) is 18.8 Å². The predicted molar refractivity (Wildman–Crippen MR) is 87.2 cm³/mol. The first kappa shape index (κ1) is 15.2. The molecule has 0 radical (unpaired) electrons. The van der Waals surface area contributed by atoms with E-state index in [0.717, 1.165) is 38.8 Å². The number of likely N-dealkylation sites (tertiary alicyclic amines) is 1. The van der Waals surface area contributed by atoms with Crippen molar-refractivity contribution in [3.63, 3.8) is 0 Å². The van der Waals surface area contributed by atoms with Gasteiger partial charge in [-0.1, -0.05) is 0 Å². The molecule has 1 aromatic rings. The van der Waals surface area contributed by atoms with Crippen LogP contribution in [0.2, 0.25) is 0 Å². The molecule has 3 aliphatic rings. The lowest BCUT2D eigenvalue weighted by Gasteiger charge is -2.36. The number of nitrogens with zero attached hydrogens (tertiary/aromatic N) is 3. The Labute approximate surface area is 138 Å². The van der Waals surface area contributed by atoms with E-state index in [9.17, 15) is 4.79 Å². The number of aryl methyl sites for hydroxylation is 1. The number of hydrogen-bond acceptors (Lipinski definition) is 3. The van der Waals surface area contributed by atoms with E-state index in [-0.39, 0.29) is 5.91 Å². The normalized spacial score (nSPS) is 22.7. The Morgan fingerprint density at radius 2 is 1.83 bits per heavy atom. The van der Waals surface area contributed by atoms with Crippen LogP contribution in [0.3, 0.4) is 0 Å². The summed E-state index contributed by atoms with van der Waals surface area (Å²) >= 11 is 0. The Morgan fingerprint density at radius 3 is 2.57 bits per heavy atom. The first-order valence-electron chi connectivity index (χ1n) is 9.26. The van der Waals surface area contributed by atoms with Crippen LogP contribution in [-0.2, 0) is 28.9 Å². The van der Waals surface area contributed by atoms with Crippen molar-refractivity contribution in [1.29, 1.82) is 0 Å². The van der Waals surface area contributed by atoms with Crippen molar-refractivity contribution in [2.24, 2.45) is 0 Å². The van der Waals surface area contributed by atoms with Crippen LogP contribution in [-0.4, -0.2) is 45.7 Å². The number of fused-ring (bicyclic) bond motifs is 1. The number of piperidine rings is 1. The molecule has 0 aromatic carbocycles. The Morgan fingerprint density at radius 1 is 1.09 bits per heavy atom. The summed E-state index contributed by atoms with van der Waals surface area (Å²) in [6.07, 6.45) is 13.1. The predicted octanol–water partition coefficient (Wildman–Crippen LogP) is 2.32. The molecule has 5 heteroatoms. The molecule has 0 atom stereocenters. The number of imidazole rings is 1. The number of aromatic nitrogens is 2. The zero-order valence-corrected chi connectivity index (χ0v) is 13.9. The van der Waals surface area contributed by atoms with E-state index >= 15 is 0 Å². The Hall–Kier alpha value is -1.36. The first-order chi connectivity index (χ1) is 11.3. The monoisotopic (exact) mass is 317 g/mol. The molecule has 2 fully saturated rings. The third-order valence-corrected chi connectivity index (χ3v) is 5.65. The van der Waals surface area contributed by atoms with Gasteiger partial charge in [-0.05, 0) is 57.8 Å². The fourth-order valence-electron chi connectivity index (χ4n) is 3.93. The number of carbonyl (C=O) groups excluding carboxylic acids is 1. The number of rotatable bonds is 4. The van der Waals surface area contributed by atoms with Crippen LogP contribution in [0.15, 0.2) is 6.33 Å². The largest absolute Gasteiger partial charge is 0.375 e. The molecule has 126 valence electrons. The molecule has 1 saturated heterocycles. The summed E-state index contributed by atoms with van der Waals surface area (Å²) in [7, 11) is 0. The van der Waals surface area contributed by atoms with Crippen LogP contribution >= 0.6 is 0 Å². The number of amides is 1. The van der Waals surface area contributed by atoms with Crippen LogP contribution < -0.4 is 0 Å². The second-order valence-corrected chi connectivity index (χ2v) is 7.24. The summed E-state index contributed by atoms with van der Waals surface area (Å²) in [5.41, 5.74) is 2.49. The molecule has 0 spiro atoms. The molecule has 0 unspecified atom stereocenters. The first-order valence-corrected chi connectivity index (χ1v) is 9.26. The highest BCUT2D eigenvalue weighted by molar-refractivity contribution is 5.76. The SMILES string of the molecule is O=C(Cn1cnc2c1CCCC2)N1CCC(OC2CCC2)CC1. The highest BCUT2D eigenvalue weighted by Gasteiger charge is 2.28. The van der Waals surface area contributed by atoms with E-state index in [2.05, 4.69) is 9.55 Å². The number of ether oxygens (including phenoxy) is 1. The van der Waals surface area contributed by atoms with E-state index in [1.165, 1.54) is 43.5 Å². The van der Waals surface area contributed by atoms with Gasteiger partial charge in [0, 0.05) is 18.8 Å². The number of hydrogen-bond donors (Lipinski definition) is 0. The summed E-state index contributed by atoms with van der Waals surface area (Å²) in [5.74, 6) is 0.234. The Kier molecular flexibility index (Phi) is 4.38. The maximum absolute atomic E-state index is 12.6. The maximum Gasteiger partial charge on any atom is 0.242 e. The van der Waals surface area contributed by atoms with Gasteiger partial charge in [0.25, 0.3) is 0 Å². The molecule has 4 rings (SSSR count). The van der Waals surface area contributed by atoms with Gasteiger partial charge in [0.05, 0.1) is 24.2 Å². The number of carbonyl (C=O) groups is 1. The minimum atomic E-state index is 0.234. The smallest absolute Gasteiger partial charge is 0.242 e. The van der Waals surface area contributed by atoms with E-state index in [4.69, 9.17) is 4.74 Å². The zero-order valence-electron chi connectivity index (χ0n) is 13.9. The lowest BCUT2D eigenvalue weighted by Crippen LogP contribution is -2.43. The van der Waals surface area contributed by atoms with Gasteiger partial charge in [-0.3, -0.25) is 4.79 Å². The van der Waals surface area contributed by atoms with Crippen molar-refractivity contribution < 1.29 is 9.53 Å². The van der Waals surface area contributed by atoms with Crippen molar-refractivity contribution in [3.05, 3.63) is 17.7 Å². The van der Waals surface area contributed by atoms with Crippen LogP contribution in [0.5, 0.6) is 0 Å². The van der Waals surface area contributed by atoms with Crippen molar-refractivity contribution in [1.82, 2.24) is 14.5 Å². The fraction of sp³-hybridized carbons (Fsp3) is 0.778. The van der Waals surface area contributed by atoms with Gasteiger partial charge < -0.3 is 14.2 Å². The summed E-state index contributed by atoms with van der Waals surface area (Å²) in [6.45, 7) is 2.14. The quantitative estimate of drug-likeness (QED) is 0.856. The minimum absolute atomic E-state index is 0.234. The van der Waals surface area contributed by atoms with Gasteiger partial charge in [0.15, 0.2) is 0 Å². The summed E-state index contributed by atoms with van der Waals surface area (Å²) in [5, 5.41) is 0. The standard InChI is InChI=1S/C18H27N3O2/c22-18(12-21-13-19-16-6-1-2-7-17(16)21)20-10-8-15(9-11-20)23-14-4-3-5-14/h13-15H,1-12H2. The van der Waals surface area contributed by atoms with Crippen LogP contribution in [0.4, 0.5) is 0 Å². The Balaban J connectivity index is 1.29. The zero-order chi connectivity index (χ0) is 15.6.